The Morgan fingerprint density at radius 3 is 0.794 bits per heavy atom. The van der Waals surface area contributed by atoms with E-state index in [0.29, 0.717) is 28.1 Å². The summed E-state index contributed by atoms with van der Waals surface area (Å²) in [7, 11) is 0. The molecular formula is C87H52F3N7. The number of halogens is 3. The van der Waals surface area contributed by atoms with Crippen LogP contribution in [0.25, 0.3) is 181 Å². The van der Waals surface area contributed by atoms with Gasteiger partial charge in [0.2, 0.25) is 0 Å². The third-order valence-electron chi connectivity index (χ3n) is 20.2. The van der Waals surface area contributed by atoms with E-state index in [1.807, 2.05) is 12.1 Å². The highest BCUT2D eigenvalue weighted by atomic mass is 19.4. The summed E-state index contributed by atoms with van der Waals surface area (Å²) in [4.78, 5) is 4.27. The molecule has 456 valence electrons. The first kappa shape index (κ1) is 54.7. The molecule has 14 aromatic carbocycles. The second kappa shape index (κ2) is 20.3. The van der Waals surface area contributed by atoms with Crippen LogP contribution >= 0.6 is 0 Å². The minimum Gasteiger partial charge on any atom is -0.309 e. The average molecular weight is 1250 g/mol. The van der Waals surface area contributed by atoms with Gasteiger partial charge in [0.1, 0.15) is 0 Å². The second-order valence-electron chi connectivity index (χ2n) is 25.5. The highest BCUT2D eigenvalue weighted by molar-refractivity contribution is 6.17. The van der Waals surface area contributed by atoms with E-state index < -0.39 is 11.7 Å². The van der Waals surface area contributed by atoms with E-state index in [2.05, 4.69) is 299 Å². The van der Waals surface area contributed by atoms with Crippen LogP contribution in [0.3, 0.4) is 0 Å². The van der Waals surface area contributed by atoms with Gasteiger partial charge in [-0.15, -0.1) is 0 Å². The lowest BCUT2D eigenvalue weighted by Crippen LogP contribution is -2.06. The van der Waals surface area contributed by atoms with Gasteiger partial charge in [-0.1, -0.05) is 152 Å². The Bertz CT molecular complexity index is 6290. The van der Waals surface area contributed by atoms with E-state index in [1.54, 1.807) is 13.0 Å². The number of para-hydroxylation sites is 8. The van der Waals surface area contributed by atoms with E-state index in [1.165, 1.54) is 12.1 Å². The lowest BCUT2D eigenvalue weighted by molar-refractivity contribution is -0.137. The van der Waals surface area contributed by atoms with Crippen LogP contribution < -0.4 is 0 Å². The third kappa shape index (κ3) is 7.91. The number of alkyl halides is 3. The molecule has 0 saturated carbocycles. The van der Waals surface area contributed by atoms with Crippen molar-refractivity contribution >= 4 is 137 Å². The summed E-state index contributed by atoms with van der Waals surface area (Å²) in [5, 5.41) is 13.0. The quantitative estimate of drug-likeness (QED) is 0.143. The standard InChI is InChI=1S/C87H52F3N7/c1-52-43-53(45-54(44-52)87(88,89)90)67-50-85(96-81-39-35-55(92-73-27-11-3-19-59(73)60-20-4-12-28-74(60)92)46-68(81)69-47-56(36-40-82(69)96)93-75-29-13-5-21-61(75)62-22-6-14-30-76(62)93)86(51-72(67)91-2)97-83-41-37-57(94-77-31-15-7-23-63(77)64-24-8-16-32-78(64)94)48-70(83)71-49-58(38-42-84(71)97)95-79-33-17-9-25-65(79)66-26-10-18-34-80(66)95/h3-51H,1H3. The maximum absolute atomic E-state index is 15.1. The summed E-state index contributed by atoms with van der Waals surface area (Å²) < 4.78 is 59.3. The molecule has 0 spiro atoms. The Hall–Kier alpha value is -12.8. The van der Waals surface area contributed by atoms with Crippen molar-refractivity contribution in [2.24, 2.45) is 0 Å². The van der Waals surface area contributed by atoms with Crippen molar-refractivity contribution in [1.29, 1.82) is 0 Å². The van der Waals surface area contributed by atoms with Gasteiger partial charge in [0.05, 0.1) is 89.7 Å². The van der Waals surface area contributed by atoms with Crippen LogP contribution in [0.4, 0.5) is 18.9 Å². The number of aromatic nitrogens is 6. The molecule has 0 unspecified atom stereocenters. The van der Waals surface area contributed by atoms with Gasteiger partial charge in [0.15, 0.2) is 5.69 Å². The zero-order valence-electron chi connectivity index (χ0n) is 52.1. The molecule has 0 aliphatic carbocycles. The number of benzene rings is 14. The van der Waals surface area contributed by atoms with Crippen LogP contribution in [-0.2, 0) is 6.18 Å². The molecule has 6 aromatic heterocycles. The summed E-state index contributed by atoms with van der Waals surface area (Å²) in [6, 6.07) is 103. The molecule has 7 nitrogen and oxygen atoms in total. The van der Waals surface area contributed by atoms with Crippen LogP contribution in [-0.4, -0.2) is 27.4 Å². The van der Waals surface area contributed by atoms with Crippen LogP contribution in [0.2, 0.25) is 0 Å². The minimum absolute atomic E-state index is 0.208. The van der Waals surface area contributed by atoms with E-state index in [-0.39, 0.29) is 5.69 Å². The van der Waals surface area contributed by atoms with Crippen molar-refractivity contribution in [3.63, 3.8) is 0 Å². The molecule has 0 aliphatic heterocycles. The van der Waals surface area contributed by atoms with Gasteiger partial charge in [-0.05, 0) is 169 Å². The molecule has 0 aliphatic rings. The SMILES string of the molecule is [C-]#[N+]c1cc(-n2c3ccc(-n4c5ccccc5c5ccccc54)cc3c3cc(-n4c5ccccc5c5ccccc54)ccc32)c(-n2c3ccc(-n4c5ccccc5c5ccccc54)cc3c3cc(-n4c5ccccc5c5ccccc54)ccc32)cc1-c1cc(C)cc(C(F)(F)F)c1. The Labute approximate surface area is 552 Å². The Morgan fingerprint density at radius 2 is 0.526 bits per heavy atom. The lowest BCUT2D eigenvalue weighted by Gasteiger charge is -2.21. The molecular weight excluding hydrogens is 1200 g/mol. The smallest absolute Gasteiger partial charge is 0.309 e. The second-order valence-corrected chi connectivity index (χ2v) is 25.5. The van der Waals surface area contributed by atoms with Crippen molar-refractivity contribution in [3.8, 4) is 45.3 Å². The summed E-state index contributed by atoms with van der Waals surface area (Å²) >= 11 is 0. The molecule has 0 radical (unpaired) electrons. The maximum atomic E-state index is 15.1. The van der Waals surface area contributed by atoms with Gasteiger partial charge < -0.3 is 27.4 Å². The predicted molar refractivity (Wildman–Crippen MR) is 394 cm³/mol. The van der Waals surface area contributed by atoms with Crippen molar-refractivity contribution in [2.75, 3.05) is 0 Å². The van der Waals surface area contributed by atoms with Gasteiger partial charge in [-0.3, -0.25) is 0 Å². The fourth-order valence-corrected chi connectivity index (χ4v) is 16.2. The largest absolute Gasteiger partial charge is 0.416 e. The molecule has 0 atom stereocenters. The molecule has 97 heavy (non-hydrogen) atoms. The Balaban J connectivity index is 0.923. The van der Waals surface area contributed by atoms with Gasteiger partial charge in [0, 0.05) is 87.4 Å². The molecule has 10 heteroatoms. The van der Waals surface area contributed by atoms with Gasteiger partial charge >= 0.3 is 6.18 Å². The lowest BCUT2D eigenvalue weighted by atomic mass is 9.97. The van der Waals surface area contributed by atoms with Crippen molar-refractivity contribution < 1.29 is 13.2 Å². The number of fused-ring (bicyclic) bond motifs is 18. The molecule has 0 fully saturated rings. The van der Waals surface area contributed by atoms with E-state index in [9.17, 15) is 0 Å². The molecule has 6 heterocycles. The summed E-state index contributed by atoms with van der Waals surface area (Å²) in [6.45, 7) is 10.8. The van der Waals surface area contributed by atoms with Crippen LogP contribution in [0, 0.1) is 13.5 Å². The van der Waals surface area contributed by atoms with Crippen LogP contribution in [0.1, 0.15) is 11.1 Å². The first-order valence-corrected chi connectivity index (χ1v) is 32.5. The fraction of sp³-hybridized carbons (Fsp3) is 0.0230. The van der Waals surface area contributed by atoms with Crippen LogP contribution in [0.15, 0.2) is 297 Å². The molecule has 0 bridgehead atoms. The maximum Gasteiger partial charge on any atom is 0.416 e. The Morgan fingerprint density at radius 1 is 0.268 bits per heavy atom. The normalized spacial score (nSPS) is 12.3. The Kier molecular flexibility index (Phi) is 11.5. The number of hydrogen-bond acceptors (Lipinski definition) is 0. The van der Waals surface area contributed by atoms with E-state index >= 15 is 13.2 Å². The topological polar surface area (TPSA) is 33.9 Å². The minimum atomic E-state index is -4.64. The van der Waals surface area contributed by atoms with E-state index in [4.69, 9.17) is 6.57 Å². The summed E-state index contributed by atoms with van der Waals surface area (Å²) in [6.07, 6.45) is -4.64. The first-order chi connectivity index (χ1) is 47.6. The van der Waals surface area contributed by atoms with Crippen LogP contribution in [0.5, 0.6) is 0 Å². The molecule has 20 rings (SSSR count). The number of nitrogens with zero attached hydrogens (tertiary/aromatic N) is 7. The van der Waals surface area contributed by atoms with E-state index in [0.717, 1.165) is 154 Å². The van der Waals surface area contributed by atoms with Crippen molar-refractivity contribution in [3.05, 3.63) is 320 Å². The number of hydrogen-bond donors (Lipinski definition) is 0. The van der Waals surface area contributed by atoms with Gasteiger partial charge in [0.25, 0.3) is 0 Å². The van der Waals surface area contributed by atoms with Crippen molar-refractivity contribution in [1.82, 2.24) is 27.4 Å². The fourth-order valence-electron chi connectivity index (χ4n) is 16.2. The summed E-state index contributed by atoms with van der Waals surface area (Å²) in [5.74, 6) is 0. The first-order valence-electron chi connectivity index (χ1n) is 32.5. The van der Waals surface area contributed by atoms with Gasteiger partial charge in [-0.25, -0.2) is 4.85 Å². The zero-order valence-corrected chi connectivity index (χ0v) is 52.1. The highest BCUT2D eigenvalue weighted by Crippen LogP contribution is 2.48. The molecule has 20 aromatic rings. The third-order valence-corrected chi connectivity index (χ3v) is 20.2. The summed E-state index contributed by atoms with van der Waals surface area (Å²) in [5.41, 5.74) is 17.9. The highest BCUT2D eigenvalue weighted by Gasteiger charge is 2.32. The predicted octanol–water partition coefficient (Wildman–Crippen LogP) is 23.8. The number of rotatable bonds is 7. The molecule has 0 N–H and O–H groups in total. The van der Waals surface area contributed by atoms with Crippen molar-refractivity contribution in [2.45, 2.75) is 13.1 Å². The zero-order chi connectivity index (χ0) is 64.5. The average Bonchev–Trinajstić information content (AvgIpc) is 1.57. The molecule has 0 saturated heterocycles. The monoisotopic (exact) mass is 1250 g/mol. The number of aryl methyl sites for hydroxylation is 1. The van der Waals surface area contributed by atoms with Gasteiger partial charge in [-0.2, -0.15) is 13.2 Å². The molecule has 0 amide bonds.